The van der Waals surface area contributed by atoms with Gasteiger partial charge in [0.05, 0.1) is 6.07 Å². The minimum Gasteiger partial charge on any atom is -0.449 e. The van der Waals surface area contributed by atoms with Crippen molar-refractivity contribution in [2.75, 3.05) is 0 Å². The highest BCUT2D eigenvalue weighted by Gasteiger charge is 2.60. The molecule has 2 aromatic heterocycles. The number of rotatable bonds is 3. The van der Waals surface area contributed by atoms with Gasteiger partial charge in [-0.1, -0.05) is 30.3 Å². The summed E-state index contributed by atoms with van der Waals surface area (Å²) in [6.07, 6.45) is -4.80. The first-order valence-electron chi connectivity index (χ1n) is 6.54. The van der Waals surface area contributed by atoms with Crippen LogP contribution in [0.3, 0.4) is 0 Å². The zero-order valence-electron chi connectivity index (χ0n) is 11.4. The third kappa shape index (κ3) is 2.86. The van der Waals surface area contributed by atoms with Gasteiger partial charge < -0.3 is 17.8 Å². The van der Waals surface area contributed by atoms with Crippen molar-refractivity contribution in [3.63, 3.8) is 0 Å². The highest BCUT2D eigenvalue weighted by Crippen LogP contribution is 2.30. The number of pyridine rings is 1. The highest BCUT2D eigenvalue weighted by atomic mass is 19.4. The molecule has 0 amide bonds. The second kappa shape index (κ2) is 5.25. The van der Waals surface area contributed by atoms with Gasteiger partial charge >= 0.3 is 13.0 Å². The summed E-state index contributed by atoms with van der Waals surface area (Å²) >= 11 is 0. The van der Waals surface area contributed by atoms with Crippen LogP contribution >= 0.6 is 0 Å². The van der Waals surface area contributed by atoms with Crippen LogP contribution in [0.5, 0.6) is 0 Å². The molecule has 3 nitrogen and oxygen atoms in total. The van der Waals surface area contributed by atoms with Crippen LogP contribution < -0.4 is 9.49 Å². The normalized spacial score (nSPS) is 12.6. The van der Waals surface area contributed by atoms with Crippen molar-refractivity contribution in [1.29, 1.82) is 0 Å². The van der Waals surface area contributed by atoms with Crippen molar-refractivity contribution in [2.45, 2.75) is 6.08 Å². The first-order valence-corrected chi connectivity index (χ1v) is 6.54. The van der Waals surface area contributed by atoms with Crippen LogP contribution in [0.1, 0.15) is 0 Å². The SMILES string of the molecule is F[B-](F)(O[n+]1cccc2oc(-c3ccccc3)cc21)C(F)(F)F. The summed E-state index contributed by atoms with van der Waals surface area (Å²) in [5.74, 6) is 0.326. The summed E-state index contributed by atoms with van der Waals surface area (Å²) in [5.41, 5.74) is 0.751. The molecule has 0 saturated heterocycles. The highest BCUT2D eigenvalue weighted by molar-refractivity contribution is 6.61. The fraction of sp³-hybridized carbons (Fsp3) is 0.0714. The lowest BCUT2D eigenvalue weighted by atomic mass is 9.87. The van der Waals surface area contributed by atoms with Crippen LogP contribution in [-0.4, -0.2) is 13.0 Å². The molecule has 0 bridgehead atoms. The maximum absolute atomic E-state index is 13.1. The van der Waals surface area contributed by atoms with Crippen molar-refractivity contribution in [2.24, 2.45) is 0 Å². The Morgan fingerprint density at radius 3 is 2.35 bits per heavy atom. The van der Waals surface area contributed by atoms with Gasteiger partial charge in [0.15, 0.2) is 0 Å². The molecule has 0 N–H and O–H groups in total. The average Bonchev–Trinajstić information content (AvgIpc) is 2.92. The number of halogens is 5. The summed E-state index contributed by atoms with van der Waals surface area (Å²) in [6.45, 7) is -6.04. The van der Waals surface area contributed by atoms with Crippen molar-refractivity contribution in [3.8, 4) is 11.3 Å². The number of hydrogen-bond donors (Lipinski definition) is 0. The van der Waals surface area contributed by atoms with Gasteiger partial charge in [-0.2, -0.15) is 0 Å². The van der Waals surface area contributed by atoms with E-state index in [-0.39, 0.29) is 11.1 Å². The molecule has 9 heteroatoms. The van der Waals surface area contributed by atoms with E-state index in [0.29, 0.717) is 16.1 Å². The van der Waals surface area contributed by atoms with E-state index in [1.807, 2.05) is 0 Å². The molecule has 23 heavy (non-hydrogen) atoms. The molecule has 0 saturated carbocycles. The maximum Gasteiger partial charge on any atom is 0.658 e. The Balaban J connectivity index is 2.04. The molecule has 0 atom stereocenters. The van der Waals surface area contributed by atoms with E-state index in [2.05, 4.69) is 4.76 Å². The Bertz CT molecular complexity index is 832. The van der Waals surface area contributed by atoms with Gasteiger partial charge in [-0.05, 0) is 10.8 Å². The van der Waals surface area contributed by atoms with Crippen LogP contribution in [0.25, 0.3) is 22.4 Å². The van der Waals surface area contributed by atoms with Gasteiger partial charge in [0.25, 0.3) is 5.52 Å². The number of nitrogens with zero attached hydrogens (tertiary/aromatic N) is 1. The molecule has 0 aliphatic heterocycles. The number of benzene rings is 1. The topological polar surface area (TPSA) is 26.2 Å². The van der Waals surface area contributed by atoms with Crippen LogP contribution in [0, 0.1) is 0 Å². The molecule has 120 valence electrons. The quantitative estimate of drug-likeness (QED) is 0.415. The van der Waals surface area contributed by atoms with Crippen LogP contribution in [0.2, 0.25) is 0 Å². The molecule has 3 aromatic rings. The Labute approximate surface area is 126 Å². The Kier molecular flexibility index (Phi) is 3.50. The van der Waals surface area contributed by atoms with Crippen molar-refractivity contribution >= 4 is 18.0 Å². The lowest BCUT2D eigenvalue weighted by Crippen LogP contribution is -2.62. The maximum atomic E-state index is 13.1. The summed E-state index contributed by atoms with van der Waals surface area (Å²) in [4.78, 5) is 0. The summed E-state index contributed by atoms with van der Waals surface area (Å²) in [5, 5.41) is 0. The first-order chi connectivity index (χ1) is 10.8. The smallest absolute Gasteiger partial charge is 0.449 e. The van der Waals surface area contributed by atoms with Gasteiger partial charge in [-0.15, -0.1) is 0 Å². The molecule has 0 aliphatic carbocycles. The lowest BCUT2D eigenvalue weighted by molar-refractivity contribution is -0.847. The van der Waals surface area contributed by atoms with Crippen molar-refractivity contribution < 1.29 is 35.7 Å². The van der Waals surface area contributed by atoms with Crippen molar-refractivity contribution in [3.05, 3.63) is 54.7 Å². The second-order valence-corrected chi connectivity index (χ2v) is 4.80. The first kappa shape index (κ1) is 15.3. The summed E-state index contributed by atoms with van der Waals surface area (Å²) in [7, 11) is 0. The molecule has 0 fully saturated rings. The van der Waals surface area contributed by atoms with E-state index in [9.17, 15) is 21.8 Å². The van der Waals surface area contributed by atoms with E-state index in [1.54, 1.807) is 30.3 Å². The number of furan rings is 1. The van der Waals surface area contributed by atoms with E-state index >= 15 is 0 Å². The third-order valence-electron chi connectivity index (χ3n) is 3.13. The van der Waals surface area contributed by atoms with Gasteiger partial charge in [0.1, 0.15) is 5.76 Å². The zero-order chi connectivity index (χ0) is 16.7. The van der Waals surface area contributed by atoms with Crippen LogP contribution in [-0.2, 0) is 0 Å². The molecule has 0 spiro atoms. The molecule has 1 aromatic carbocycles. The largest absolute Gasteiger partial charge is 0.658 e. The predicted molar refractivity (Wildman–Crippen MR) is 72.5 cm³/mol. The minimum absolute atomic E-state index is 0.0304. The fourth-order valence-corrected chi connectivity index (χ4v) is 2.02. The number of aromatic nitrogens is 1. The average molecular weight is 329 g/mol. The molecule has 3 rings (SSSR count). The van der Waals surface area contributed by atoms with E-state index in [1.165, 1.54) is 18.2 Å². The molecule has 2 heterocycles. The summed E-state index contributed by atoms with van der Waals surface area (Å²) < 4.78 is 72.9. The van der Waals surface area contributed by atoms with Crippen LogP contribution in [0.15, 0.2) is 59.1 Å². The number of fused-ring (bicyclic) bond motifs is 1. The Morgan fingerprint density at radius 2 is 1.70 bits per heavy atom. The molecular weight excluding hydrogens is 320 g/mol. The van der Waals surface area contributed by atoms with E-state index < -0.39 is 13.0 Å². The van der Waals surface area contributed by atoms with Gasteiger partial charge in [0, 0.05) is 11.6 Å². The fourth-order valence-electron chi connectivity index (χ4n) is 2.02. The number of hydrogen-bond acceptors (Lipinski definition) is 2. The standard InChI is InChI=1S/C14H9BF5NO2/c16-14(17,18)15(19,20)23-21-8-4-7-12-11(21)9-13(22-12)10-5-2-1-3-6-10/h1-9H. The van der Waals surface area contributed by atoms with Crippen molar-refractivity contribution in [1.82, 2.24) is 0 Å². The monoisotopic (exact) mass is 329 g/mol. The van der Waals surface area contributed by atoms with Crippen LogP contribution in [0.4, 0.5) is 21.8 Å². The Morgan fingerprint density at radius 1 is 1.00 bits per heavy atom. The van der Waals surface area contributed by atoms with Gasteiger partial charge in [-0.3, -0.25) is 0 Å². The van der Waals surface area contributed by atoms with E-state index in [0.717, 1.165) is 6.20 Å². The summed E-state index contributed by atoms with van der Waals surface area (Å²) in [6, 6.07) is 12.7. The Hall–Kier alpha value is -2.58. The predicted octanol–water partition coefficient (Wildman–Crippen LogP) is 3.80. The second-order valence-electron chi connectivity index (χ2n) is 4.80. The lowest BCUT2D eigenvalue weighted by Gasteiger charge is -2.22. The van der Waals surface area contributed by atoms with Gasteiger partial charge in [0.2, 0.25) is 11.8 Å². The number of alkyl halides is 3. The minimum atomic E-state index is -6.04. The molecule has 0 aliphatic rings. The zero-order valence-corrected chi connectivity index (χ0v) is 11.4. The van der Waals surface area contributed by atoms with E-state index in [4.69, 9.17) is 4.42 Å². The molecule has 0 unspecified atom stereocenters. The van der Waals surface area contributed by atoms with Gasteiger partial charge in [-0.25, -0.2) is 13.2 Å². The molecule has 0 radical (unpaired) electrons. The molecular formula is C14H9BF5NO2. The third-order valence-corrected chi connectivity index (χ3v) is 3.13.